The molecular weight excluding hydrogens is 260 g/mol. The lowest BCUT2D eigenvalue weighted by Gasteiger charge is -2.38. The highest BCUT2D eigenvalue weighted by Gasteiger charge is 2.30. The SMILES string of the molecule is CCCC[C@H]1CC[C@H](C2CCC(CCC(=O)O)CC2)CC1. The van der Waals surface area contributed by atoms with Crippen LogP contribution in [0.4, 0.5) is 0 Å². The lowest BCUT2D eigenvalue weighted by atomic mass is 9.68. The lowest BCUT2D eigenvalue weighted by Crippen LogP contribution is -2.26. The van der Waals surface area contributed by atoms with E-state index in [9.17, 15) is 4.79 Å². The highest BCUT2D eigenvalue weighted by atomic mass is 16.4. The first-order valence-corrected chi connectivity index (χ1v) is 9.40. The molecule has 0 atom stereocenters. The van der Waals surface area contributed by atoms with Gasteiger partial charge in [0.2, 0.25) is 0 Å². The number of aliphatic carboxylic acids is 1. The summed E-state index contributed by atoms with van der Waals surface area (Å²) in [5, 5.41) is 8.79. The summed E-state index contributed by atoms with van der Waals surface area (Å²) in [7, 11) is 0. The van der Waals surface area contributed by atoms with E-state index in [0.717, 1.165) is 24.2 Å². The van der Waals surface area contributed by atoms with E-state index >= 15 is 0 Å². The molecule has 0 aromatic heterocycles. The molecule has 0 amide bonds. The van der Waals surface area contributed by atoms with Gasteiger partial charge in [-0.2, -0.15) is 0 Å². The van der Waals surface area contributed by atoms with Crippen molar-refractivity contribution in [2.24, 2.45) is 23.7 Å². The van der Waals surface area contributed by atoms with E-state index < -0.39 is 5.97 Å². The molecule has 2 aliphatic carbocycles. The minimum absolute atomic E-state index is 0.373. The first kappa shape index (κ1) is 16.8. The number of unbranched alkanes of at least 4 members (excludes halogenated alkanes) is 1. The molecule has 0 aromatic carbocycles. The average molecular weight is 294 g/mol. The third-order valence-corrected chi connectivity index (χ3v) is 6.18. The van der Waals surface area contributed by atoms with E-state index in [0.29, 0.717) is 12.3 Å². The molecule has 2 saturated carbocycles. The molecule has 2 heteroatoms. The Labute approximate surface area is 130 Å². The molecule has 0 saturated heterocycles. The summed E-state index contributed by atoms with van der Waals surface area (Å²) in [5.74, 6) is 3.04. The van der Waals surface area contributed by atoms with Crippen LogP contribution in [0.1, 0.15) is 90.4 Å². The maximum absolute atomic E-state index is 10.7. The van der Waals surface area contributed by atoms with Gasteiger partial charge in [0.25, 0.3) is 0 Å². The van der Waals surface area contributed by atoms with Gasteiger partial charge in [0.1, 0.15) is 0 Å². The molecule has 0 unspecified atom stereocenters. The Kier molecular flexibility index (Phi) is 7.06. The number of hydrogen-bond acceptors (Lipinski definition) is 1. The summed E-state index contributed by atoms with van der Waals surface area (Å²) in [6.45, 7) is 2.30. The zero-order valence-corrected chi connectivity index (χ0v) is 13.9. The minimum atomic E-state index is -0.623. The van der Waals surface area contributed by atoms with Crippen LogP contribution in [-0.2, 0) is 4.79 Å². The van der Waals surface area contributed by atoms with Crippen molar-refractivity contribution in [2.45, 2.75) is 90.4 Å². The van der Waals surface area contributed by atoms with Crippen molar-refractivity contribution < 1.29 is 9.90 Å². The van der Waals surface area contributed by atoms with E-state index in [2.05, 4.69) is 6.92 Å². The number of rotatable bonds is 7. The molecular formula is C19H34O2. The van der Waals surface area contributed by atoms with Crippen LogP contribution in [0.15, 0.2) is 0 Å². The first-order chi connectivity index (χ1) is 10.2. The minimum Gasteiger partial charge on any atom is -0.481 e. The molecule has 2 aliphatic rings. The van der Waals surface area contributed by atoms with Gasteiger partial charge >= 0.3 is 5.97 Å². The largest absolute Gasteiger partial charge is 0.481 e. The Hall–Kier alpha value is -0.530. The monoisotopic (exact) mass is 294 g/mol. The van der Waals surface area contributed by atoms with Gasteiger partial charge in [-0.1, -0.05) is 51.9 Å². The van der Waals surface area contributed by atoms with Crippen molar-refractivity contribution >= 4 is 5.97 Å². The van der Waals surface area contributed by atoms with Crippen LogP contribution in [0.5, 0.6) is 0 Å². The van der Waals surface area contributed by atoms with Crippen LogP contribution in [-0.4, -0.2) is 11.1 Å². The predicted molar refractivity (Wildman–Crippen MR) is 87.3 cm³/mol. The molecule has 0 aliphatic heterocycles. The third-order valence-electron chi connectivity index (χ3n) is 6.18. The van der Waals surface area contributed by atoms with Crippen LogP contribution < -0.4 is 0 Å². The highest BCUT2D eigenvalue weighted by molar-refractivity contribution is 5.66. The van der Waals surface area contributed by atoms with Gasteiger partial charge < -0.3 is 5.11 Å². The maximum Gasteiger partial charge on any atom is 0.303 e. The average Bonchev–Trinajstić information content (AvgIpc) is 2.52. The molecule has 0 bridgehead atoms. The van der Waals surface area contributed by atoms with Crippen molar-refractivity contribution in [2.75, 3.05) is 0 Å². The van der Waals surface area contributed by atoms with E-state index in [1.165, 1.54) is 70.6 Å². The van der Waals surface area contributed by atoms with Crippen LogP contribution in [0, 0.1) is 23.7 Å². The summed E-state index contributed by atoms with van der Waals surface area (Å²) in [4.78, 5) is 10.7. The van der Waals surface area contributed by atoms with Gasteiger partial charge in [-0.3, -0.25) is 4.79 Å². The summed E-state index contributed by atoms with van der Waals surface area (Å²) < 4.78 is 0. The molecule has 0 radical (unpaired) electrons. The molecule has 2 nitrogen and oxygen atoms in total. The maximum atomic E-state index is 10.7. The van der Waals surface area contributed by atoms with Gasteiger partial charge in [-0.15, -0.1) is 0 Å². The molecule has 0 heterocycles. The Bertz CT molecular complexity index is 297. The zero-order chi connectivity index (χ0) is 15.1. The second kappa shape index (κ2) is 8.80. The van der Waals surface area contributed by atoms with Crippen LogP contribution in [0.2, 0.25) is 0 Å². The van der Waals surface area contributed by atoms with Gasteiger partial charge in [0, 0.05) is 6.42 Å². The third kappa shape index (κ3) is 5.64. The fraction of sp³-hybridized carbons (Fsp3) is 0.947. The molecule has 1 N–H and O–H groups in total. The van der Waals surface area contributed by atoms with Crippen LogP contribution >= 0.6 is 0 Å². The van der Waals surface area contributed by atoms with Crippen molar-refractivity contribution in [3.05, 3.63) is 0 Å². The van der Waals surface area contributed by atoms with Gasteiger partial charge in [-0.05, 0) is 55.8 Å². The Morgan fingerprint density at radius 2 is 1.33 bits per heavy atom. The fourth-order valence-electron chi connectivity index (χ4n) is 4.72. The molecule has 0 spiro atoms. The number of hydrogen-bond donors (Lipinski definition) is 1. The first-order valence-electron chi connectivity index (χ1n) is 9.40. The van der Waals surface area contributed by atoms with Gasteiger partial charge in [0.15, 0.2) is 0 Å². The van der Waals surface area contributed by atoms with Crippen LogP contribution in [0.25, 0.3) is 0 Å². The zero-order valence-electron chi connectivity index (χ0n) is 13.9. The standard InChI is InChI=1S/C19H34O2/c1-2-3-4-15-5-10-17(11-6-15)18-12-7-16(8-13-18)9-14-19(20)21/h15-18H,2-14H2,1H3,(H,20,21)/t15-,16?,17-,18?. The predicted octanol–water partition coefficient (Wildman–Crippen LogP) is 5.65. The number of carbonyl (C=O) groups is 1. The number of carboxylic acid groups (broad SMARTS) is 1. The molecule has 21 heavy (non-hydrogen) atoms. The second-order valence-electron chi connectivity index (χ2n) is 7.64. The van der Waals surface area contributed by atoms with Gasteiger partial charge in [-0.25, -0.2) is 0 Å². The number of carboxylic acids is 1. The summed E-state index contributed by atoms with van der Waals surface area (Å²) in [6, 6.07) is 0. The van der Waals surface area contributed by atoms with E-state index in [-0.39, 0.29) is 0 Å². The van der Waals surface area contributed by atoms with E-state index in [4.69, 9.17) is 5.11 Å². The van der Waals surface area contributed by atoms with Crippen LogP contribution in [0.3, 0.4) is 0 Å². The smallest absolute Gasteiger partial charge is 0.303 e. The summed E-state index contributed by atoms with van der Waals surface area (Å²) in [5.41, 5.74) is 0. The summed E-state index contributed by atoms with van der Waals surface area (Å²) in [6.07, 6.45) is 16.7. The van der Waals surface area contributed by atoms with Crippen molar-refractivity contribution in [1.82, 2.24) is 0 Å². The van der Waals surface area contributed by atoms with E-state index in [1.54, 1.807) is 0 Å². The Morgan fingerprint density at radius 1 is 0.857 bits per heavy atom. The summed E-state index contributed by atoms with van der Waals surface area (Å²) >= 11 is 0. The lowest BCUT2D eigenvalue weighted by molar-refractivity contribution is -0.137. The van der Waals surface area contributed by atoms with Crippen molar-refractivity contribution in [1.29, 1.82) is 0 Å². The molecule has 0 aromatic rings. The topological polar surface area (TPSA) is 37.3 Å². The Morgan fingerprint density at radius 3 is 1.76 bits per heavy atom. The van der Waals surface area contributed by atoms with Crippen molar-refractivity contribution in [3.8, 4) is 0 Å². The van der Waals surface area contributed by atoms with Gasteiger partial charge in [0.05, 0.1) is 0 Å². The Balaban J connectivity index is 1.63. The normalized spacial score (nSPS) is 33.8. The van der Waals surface area contributed by atoms with E-state index in [1.807, 2.05) is 0 Å². The molecule has 122 valence electrons. The molecule has 2 rings (SSSR count). The second-order valence-corrected chi connectivity index (χ2v) is 7.64. The molecule has 2 fully saturated rings. The van der Waals surface area contributed by atoms with Crippen molar-refractivity contribution in [3.63, 3.8) is 0 Å². The quantitative estimate of drug-likeness (QED) is 0.658. The fourth-order valence-corrected chi connectivity index (χ4v) is 4.72. The highest BCUT2D eigenvalue weighted by Crippen LogP contribution is 2.42.